The SMILES string of the molecule is COCC[n+]1cc(NC(=O)CSc2nc(C(F)(F)F)cc(C)c2C#N)on1. The molecule has 0 spiro atoms. The monoisotopic (exact) mass is 402 g/mol. The van der Waals surface area contributed by atoms with E-state index in [4.69, 9.17) is 14.5 Å². The summed E-state index contributed by atoms with van der Waals surface area (Å²) in [5, 5.41) is 15.1. The van der Waals surface area contributed by atoms with Gasteiger partial charge in [-0.15, -0.1) is 0 Å². The van der Waals surface area contributed by atoms with E-state index in [1.807, 2.05) is 6.07 Å². The number of pyridine rings is 1. The zero-order chi connectivity index (χ0) is 20.0. The number of ether oxygens (including phenoxy) is 1. The van der Waals surface area contributed by atoms with Gasteiger partial charge in [0.15, 0.2) is 0 Å². The number of thioether (sulfide) groups is 1. The molecule has 0 saturated heterocycles. The number of halogens is 3. The Balaban J connectivity index is 2.05. The summed E-state index contributed by atoms with van der Waals surface area (Å²) < 4.78 is 49.9. The van der Waals surface area contributed by atoms with Gasteiger partial charge < -0.3 is 4.74 Å². The average Bonchev–Trinajstić information content (AvgIpc) is 3.04. The Labute approximate surface area is 156 Å². The molecule has 0 aliphatic heterocycles. The van der Waals surface area contributed by atoms with Crippen molar-refractivity contribution in [3.05, 3.63) is 29.1 Å². The highest BCUT2D eigenvalue weighted by Gasteiger charge is 2.34. The number of rotatable bonds is 7. The molecule has 0 aromatic carbocycles. The van der Waals surface area contributed by atoms with Gasteiger partial charge >= 0.3 is 12.1 Å². The van der Waals surface area contributed by atoms with Crippen LogP contribution in [0.1, 0.15) is 16.8 Å². The summed E-state index contributed by atoms with van der Waals surface area (Å²) in [6.07, 6.45) is -3.21. The Hall–Kier alpha value is -2.65. The van der Waals surface area contributed by atoms with Crippen LogP contribution in [0.4, 0.5) is 19.1 Å². The van der Waals surface area contributed by atoms with Crippen LogP contribution in [0.25, 0.3) is 0 Å². The maximum atomic E-state index is 12.9. The van der Waals surface area contributed by atoms with Crippen molar-refractivity contribution in [2.24, 2.45) is 0 Å². The van der Waals surface area contributed by atoms with Gasteiger partial charge in [-0.1, -0.05) is 11.8 Å². The number of hydrogen-bond acceptors (Lipinski definition) is 7. The average molecular weight is 402 g/mol. The number of aryl methyl sites for hydroxylation is 1. The molecule has 0 radical (unpaired) electrons. The van der Waals surface area contributed by atoms with Gasteiger partial charge in [-0.25, -0.2) is 4.98 Å². The standard InChI is InChI=1S/C15H14F3N5O3S/c1-9-5-11(15(16,17)18)20-14(10(9)6-19)27-8-12(24)21-13-7-23(22-26-13)3-4-25-2/h5,7H,3-4,8H2,1-2H3/p+1. The van der Waals surface area contributed by atoms with E-state index in [0.717, 1.165) is 17.8 Å². The molecule has 2 aromatic rings. The van der Waals surface area contributed by atoms with Crippen LogP contribution in [0.15, 0.2) is 21.8 Å². The molecule has 1 N–H and O–H groups in total. The van der Waals surface area contributed by atoms with E-state index < -0.39 is 17.8 Å². The number of methoxy groups -OCH3 is 1. The van der Waals surface area contributed by atoms with Gasteiger partial charge in [0.2, 0.25) is 17.7 Å². The summed E-state index contributed by atoms with van der Waals surface area (Å²) in [4.78, 5) is 15.5. The molecule has 27 heavy (non-hydrogen) atoms. The minimum atomic E-state index is -4.65. The Morgan fingerprint density at radius 2 is 2.26 bits per heavy atom. The summed E-state index contributed by atoms with van der Waals surface area (Å²) in [5.41, 5.74) is -0.980. The maximum absolute atomic E-state index is 12.9. The van der Waals surface area contributed by atoms with Crippen LogP contribution in [-0.4, -0.2) is 35.6 Å². The third-order valence-electron chi connectivity index (χ3n) is 3.22. The first kappa shape index (κ1) is 20.7. The van der Waals surface area contributed by atoms with Crippen LogP contribution in [0.2, 0.25) is 0 Å². The Bertz CT molecular complexity index is 863. The minimum Gasteiger partial charge on any atom is -0.378 e. The number of amides is 1. The minimum absolute atomic E-state index is 0.00197. The fourth-order valence-electron chi connectivity index (χ4n) is 1.96. The summed E-state index contributed by atoms with van der Waals surface area (Å²) in [7, 11) is 1.53. The molecule has 0 aliphatic carbocycles. The number of nitriles is 1. The van der Waals surface area contributed by atoms with Crippen molar-refractivity contribution in [3.8, 4) is 6.07 Å². The lowest BCUT2D eigenvalue weighted by atomic mass is 10.1. The zero-order valence-electron chi connectivity index (χ0n) is 14.3. The number of alkyl halides is 3. The summed E-state index contributed by atoms with van der Waals surface area (Å²) in [6, 6.07) is 2.61. The molecule has 2 rings (SSSR count). The number of nitrogens with zero attached hydrogens (tertiary/aromatic N) is 4. The van der Waals surface area contributed by atoms with Crippen molar-refractivity contribution < 1.29 is 31.9 Å². The smallest absolute Gasteiger partial charge is 0.378 e. The van der Waals surface area contributed by atoms with Crippen molar-refractivity contribution in [3.63, 3.8) is 0 Å². The first-order valence-corrected chi connectivity index (χ1v) is 8.50. The molecule has 0 bridgehead atoms. The van der Waals surface area contributed by atoms with Gasteiger partial charge in [0.25, 0.3) is 6.20 Å². The van der Waals surface area contributed by atoms with Crippen molar-refractivity contribution >= 4 is 23.6 Å². The highest BCUT2D eigenvalue weighted by molar-refractivity contribution is 8.00. The summed E-state index contributed by atoms with van der Waals surface area (Å²) >= 11 is 0.730. The molecule has 12 heteroatoms. The van der Waals surface area contributed by atoms with Gasteiger partial charge in [0.1, 0.15) is 23.4 Å². The first-order valence-electron chi connectivity index (χ1n) is 7.51. The van der Waals surface area contributed by atoms with Gasteiger partial charge in [0.05, 0.1) is 11.3 Å². The molecule has 8 nitrogen and oxygen atoms in total. The predicted molar refractivity (Wildman–Crippen MR) is 86.6 cm³/mol. The van der Waals surface area contributed by atoms with Crippen LogP contribution in [0.5, 0.6) is 0 Å². The van der Waals surface area contributed by atoms with Crippen molar-refractivity contribution in [2.45, 2.75) is 24.7 Å². The number of nitrogens with one attached hydrogen (secondary N) is 1. The van der Waals surface area contributed by atoms with E-state index in [1.165, 1.54) is 24.9 Å². The highest BCUT2D eigenvalue weighted by atomic mass is 32.2. The van der Waals surface area contributed by atoms with Crippen LogP contribution < -0.4 is 10.00 Å². The number of carbonyl (C=O) groups is 1. The molecule has 0 saturated carbocycles. The number of carbonyl (C=O) groups excluding carboxylic acids is 1. The maximum Gasteiger partial charge on any atom is 0.433 e. The molecule has 0 atom stereocenters. The third kappa shape index (κ3) is 5.66. The topological polar surface area (TPSA) is 105 Å². The lowest BCUT2D eigenvalue weighted by Gasteiger charge is -2.11. The molecular weight excluding hydrogens is 387 g/mol. The lowest BCUT2D eigenvalue weighted by molar-refractivity contribution is -0.763. The van der Waals surface area contributed by atoms with Gasteiger partial charge in [-0.05, 0) is 23.2 Å². The first-order chi connectivity index (χ1) is 12.7. The zero-order valence-corrected chi connectivity index (χ0v) is 15.1. The van der Waals surface area contributed by atoms with E-state index in [-0.39, 0.29) is 27.8 Å². The van der Waals surface area contributed by atoms with Gasteiger partial charge in [-0.3, -0.25) is 14.6 Å². The second kappa shape index (κ2) is 8.83. The number of hydrogen-bond donors (Lipinski definition) is 1. The van der Waals surface area contributed by atoms with E-state index in [0.29, 0.717) is 13.2 Å². The van der Waals surface area contributed by atoms with Crippen LogP contribution in [-0.2, 0) is 22.3 Å². The molecular formula is C15H15F3N5O3S+. The van der Waals surface area contributed by atoms with Crippen LogP contribution >= 0.6 is 11.8 Å². The van der Waals surface area contributed by atoms with E-state index in [9.17, 15) is 18.0 Å². The number of anilines is 1. The van der Waals surface area contributed by atoms with Crippen molar-refractivity contribution in [1.82, 2.24) is 10.3 Å². The Kier molecular flexibility index (Phi) is 6.75. The largest absolute Gasteiger partial charge is 0.433 e. The third-order valence-corrected chi connectivity index (χ3v) is 4.20. The second-order valence-corrected chi connectivity index (χ2v) is 6.24. The van der Waals surface area contributed by atoms with Crippen LogP contribution in [0.3, 0.4) is 0 Å². The second-order valence-electron chi connectivity index (χ2n) is 5.27. The van der Waals surface area contributed by atoms with E-state index >= 15 is 0 Å². The predicted octanol–water partition coefficient (Wildman–Crippen LogP) is 1.93. The van der Waals surface area contributed by atoms with E-state index in [1.54, 1.807) is 0 Å². The molecule has 144 valence electrons. The van der Waals surface area contributed by atoms with Crippen molar-refractivity contribution in [2.75, 3.05) is 24.8 Å². The highest BCUT2D eigenvalue weighted by Crippen LogP contribution is 2.32. The quantitative estimate of drug-likeness (QED) is 0.557. The lowest BCUT2D eigenvalue weighted by Crippen LogP contribution is -2.36. The molecule has 2 aromatic heterocycles. The molecule has 0 fully saturated rings. The van der Waals surface area contributed by atoms with Gasteiger partial charge in [0, 0.05) is 7.11 Å². The molecule has 1 amide bonds. The molecule has 0 unspecified atom stereocenters. The number of aromatic nitrogens is 3. The summed E-state index contributed by atoms with van der Waals surface area (Å²) in [6.45, 7) is 2.20. The van der Waals surface area contributed by atoms with Crippen LogP contribution in [0, 0.1) is 18.3 Å². The molecule has 0 aliphatic rings. The normalized spacial score (nSPS) is 11.3. The van der Waals surface area contributed by atoms with E-state index in [2.05, 4.69) is 15.6 Å². The Morgan fingerprint density at radius 1 is 1.52 bits per heavy atom. The molecule has 2 heterocycles. The van der Waals surface area contributed by atoms with Crippen molar-refractivity contribution in [1.29, 1.82) is 5.26 Å². The fraction of sp³-hybridized carbons (Fsp3) is 0.400. The summed E-state index contributed by atoms with van der Waals surface area (Å²) in [5.74, 6) is -0.734. The fourth-order valence-corrected chi connectivity index (χ4v) is 2.81. The van der Waals surface area contributed by atoms with Gasteiger partial charge in [-0.2, -0.15) is 18.4 Å². The Morgan fingerprint density at radius 3 is 2.89 bits per heavy atom.